The van der Waals surface area contributed by atoms with Crippen molar-refractivity contribution in [2.24, 2.45) is 0 Å². The third-order valence-corrected chi connectivity index (χ3v) is 4.59. The van der Waals surface area contributed by atoms with Crippen LogP contribution in [-0.4, -0.2) is 43.6 Å². The van der Waals surface area contributed by atoms with Crippen LogP contribution in [0.1, 0.15) is 12.8 Å². The van der Waals surface area contributed by atoms with E-state index in [1.165, 1.54) is 4.90 Å². The van der Waals surface area contributed by atoms with Gasteiger partial charge in [0.25, 0.3) is 5.91 Å². The van der Waals surface area contributed by atoms with Gasteiger partial charge in [-0.3, -0.25) is 14.5 Å². The monoisotopic (exact) mass is 388 g/mol. The molecule has 1 heterocycles. The zero-order valence-electron chi connectivity index (χ0n) is 15.1. The summed E-state index contributed by atoms with van der Waals surface area (Å²) in [4.78, 5) is 28.2. The standard InChI is InChI=1S/C20H21ClN2O4/c1-26-18-6-3-2-5-17(18)23(14-22-12-4-7-19(22)24)20(25)13-27-16-10-8-15(21)9-11-16/h2-3,5-6,8-11H,4,7,12-14H2,1H3. The Morgan fingerprint density at radius 1 is 1.19 bits per heavy atom. The molecule has 0 saturated carbocycles. The van der Waals surface area contributed by atoms with Crippen LogP contribution in [0.15, 0.2) is 48.5 Å². The smallest absolute Gasteiger partial charge is 0.266 e. The van der Waals surface area contributed by atoms with Crippen molar-refractivity contribution in [2.75, 3.05) is 31.8 Å². The summed E-state index contributed by atoms with van der Waals surface area (Å²) in [5.41, 5.74) is 0.601. The fourth-order valence-electron chi connectivity index (χ4n) is 2.92. The molecule has 142 valence electrons. The summed E-state index contributed by atoms with van der Waals surface area (Å²) in [5.74, 6) is 0.879. The number of methoxy groups -OCH3 is 1. The highest BCUT2D eigenvalue weighted by atomic mass is 35.5. The highest BCUT2D eigenvalue weighted by Crippen LogP contribution is 2.29. The molecule has 1 saturated heterocycles. The van der Waals surface area contributed by atoms with Gasteiger partial charge in [-0.25, -0.2) is 0 Å². The van der Waals surface area contributed by atoms with E-state index in [4.69, 9.17) is 21.1 Å². The zero-order chi connectivity index (χ0) is 19.2. The fourth-order valence-corrected chi connectivity index (χ4v) is 3.05. The number of carbonyl (C=O) groups is 2. The number of nitrogens with zero attached hydrogens (tertiary/aromatic N) is 2. The average Bonchev–Trinajstić information content (AvgIpc) is 3.10. The number of rotatable bonds is 7. The second-order valence-electron chi connectivity index (χ2n) is 6.14. The van der Waals surface area contributed by atoms with Gasteiger partial charge in [-0.05, 0) is 42.8 Å². The molecule has 7 heteroatoms. The van der Waals surface area contributed by atoms with E-state index < -0.39 is 0 Å². The van der Waals surface area contributed by atoms with Gasteiger partial charge in [0.15, 0.2) is 6.61 Å². The van der Waals surface area contributed by atoms with Gasteiger partial charge >= 0.3 is 0 Å². The molecule has 0 unspecified atom stereocenters. The summed E-state index contributed by atoms with van der Waals surface area (Å²) in [6, 6.07) is 14.0. The minimum absolute atomic E-state index is 0.0429. The number of para-hydroxylation sites is 2. The summed E-state index contributed by atoms with van der Waals surface area (Å²) in [6.45, 7) is 0.638. The molecule has 3 rings (SSSR count). The maximum Gasteiger partial charge on any atom is 0.266 e. The maximum absolute atomic E-state index is 12.9. The molecule has 0 N–H and O–H groups in total. The van der Waals surface area contributed by atoms with Crippen molar-refractivity contribution in [3.63, 3.8) is 0 Å². The van der Waals surface area contributed by atoms with Crippen molar-refractivity contribution in [1.29, 1.82) is 0 Å². The van der Waals surface area contributed by atoms with Crippen LogP contribution < -0.4 is 14.4 Å². The number of amides is 2. The molecular weight excluding hydrogens is 368 g/mol. The van der Waals surface area contributed by atoms with Crippen LogP contribution in [0.4, 0.5) is 5.69 Å². The Labute approximate surface area is 163 Å². The molecule has 27 heavy (non-hydrogen) atoms. The zero-order valence-corrected chi connectivity index (χ0v) is 15.8. The maximum atomic E-state index is 12.9. The third kappa shape index (κ3) is 4.71. The second-order valence-corrected chi connectivity index (χ2v) is 6.57. The Balaban J connectivity index is 1.78. The first-order chi connectivity index (χ1) is 13.1. The molecule has 0 spiro atoms. The van der Waals surface area contributed by atoms with Gasteiger partial charge in [0.05, 0.1) is 12.8 Å². The molecule has 2 aromatic carbocycles. The summed E-state index contributed by atoms with van der Waals surface area (Å²) in [5, 5.41) is 0.594. The van der Waals surface area contributed by atoms with Crippen LogP contribution in [-0.2, 0) is 9.59 Å². The molecule has 2 amide bonds. The Hall–Kier alpha value is -2.73. The third-order valence-electron chi connectivity index (χ3n) is 4.34. The van der Waals surface area contributed by atoms with Gasteiger partial charge in [0.2, 0.25) is 5.91 Å². The number of ether oxygens (including phenoxy) is 2. The van der Waals surface area contributed by atoms with Gasteiger partial charge in [-0.2, -0.15) is 0 Å². The molecule has 1 aliphatic rings. The van der Waals surface area contributed by atoms with E-state index in [-0.39, 0.29) is 25.1 Å². The Bertz CT molecular complexity index is 810. The fraction of sp³-hybridized carbons (Fsp3) is 0.300. The lowest BCUT2D eigenvalue weighted by Crippen LogP contribution is -2.44. The molecule has 6 nitrogen and oxygen atoms in total. The van der Waals surface area contributed by atoms with E-state index in [0.29, 0.717) is 35.2 Å². The Morgan fingerprint density at radius 2 is 1.93 bits per heavy atom. The number of hydrogen-bond donors (Lipinski definition) is 0. The lowest BCUT2D eigenvalue weighted by Gasteiger charge is -2.29. The lowest BCUT2D eigenvalue weighted by molar-refractivity contribution is -0.128. The van der Waals surface area contributed by atoms with E-state index >= 15 is 0 Å². The molecule has 0 aromatic heterocycles. The Morgan fingerprint density at radius 3 is 2.59 bits per heavy atom. The predicted molar refractivity (Wildman–Crippen MR) is 103 cm³/mol. The van der Waals surface area contributed by atoms with Crippen molar-refractivity contribution in [3.05, 3.63) is 53.6 Å². The molecule has 0 bridgehead atoms. The topological polar surface area (TPSA) is 59.1 Å². The van der Waals surface area contributed by atoms with Crippen LogP contribution in [0.3, 0.4) is 0 Å². The molecular formula is C20H21ClN2O4. The summed E-state index contributed by atoms with van der Waals surface area (Å²) in [7, 11) is 1.55. The van der Waals surface area contributed by atoms with Crippen molar-refractivity contribution in [2.45, 2.75) is 12.8 Å². The minimum Gasteiger partial charge on any atom is -0.495 e. The predicted octanol–water partition coefficient (Wildman–Crippen LogP) is 3.34. The number of halogens is 1. The number of anilines is 1. The first-order valence-electron chi connectivity index (χ1n) is 8.68. The van der Waals surface area contributed by atoms with Crippen LogP contribution in [0.25, 0.3) is 0 Å². The number of hydrogen-bond acceptors (Lipinski definition) is 4. The van der Waals surface area contributed by atoms with Gasteiger partial charge in [-0.1, -0.05) is 23.7 Å². The SMILES string of the molecule is COc1ccccc1N(CN1CCCC1=O)C(=O)COc1ccc(Cl)cc1. The number of benzene rings is 2. The van der Waals surface area contributed by atoms with E-state index in [0.717, 1.165) is 6.42 Å². The second kappa shape index (κ2) is 8.77. The van der Waals surface area contributed by atoms with Crippen LogP contribution in [0, 0.1) is 0 Å². The van der Waals surface area contributed by atoms with Gasteiger partial charge < -0.3 is 14.4 Å². The van der Waals surface area contributed by atoms with E-state index in [9.17, 15) is 9.59 Å². The van der Waals surface area contributed by atoms with Crippen LogP contribution >= 0.6 is 11.6 Å². The molecule has 1 fully saturated rings. The first-order valence-corrected chi connectivity index (χ1v) is 9.06. The molecule has 1 aliphatic heterocycles. The van der Waals surface area contributed by atoms with Crippen molar-refractivity contribution in [1.82, 2.24) is 4.90 Å². The number of likely N-dealkylation sites (tertiary alicyclic amines) is 1. The highest BCUT2D eigenvalue weighted by Gasteiger charge is 2.27. The molecule has 0 aliphatic carbocycles. The van der Waals surface area contributed by atoms with Crippen molar-refractivity contribution < 1.29 is 19.1 Å². The Kier molecular flexibility index (Phi) is 6.19. The largest absolute Gasteiger partial charge is 0.495 e. The average molecular weight is 389 g/mol. The first kappa shape index (κ1) is 19.0. The van der Waals surface area contributed by atoms with E-state index in [2.05, 4.69) is 0 Å². The summed E-state index contributed by atoms with van der Waals surface area (Å²) < 4.78 is 11.0. The minimum atomic E-state index is -0.269. The van der Waals surface area contributed by atoms with Gasteiger partial charge in [0.1, 0.15) is 18.2 Å². The van der Waals surface area contributed by atoms with Gasteiger partial charge in [0, 0.05) is 18.0 Å². The van der Waals surface area contributed by atoms with Crippen LogP contribution in [0.2, 0.25) is 5.02 Å². The van der Waals surface area contributed by atoms with Crippen LogP contribution in [0.5, 0.6) is 11.5 Å². The van der Waals surface area contributed by atoms with E-state index in [1.807, 2.05) is 12.1 Å². The normalized spacial score (nSPS) is 13.6. The molecule has 0 atom stereocenters. The lowest BCUT2D eigenvalue weighted by atomic mass is 10.2. The quantitative estimate of drug-likeness (QED) is 0.730. The highest BCUT2D eigenvalue weighted by molar-refractivity contribution is 6.30. The van der Waals surface area contributed by atoms with Crippen molar-refractivity contribution >= 4 is 29.1 Å². The number of carbonyl (C=O) groups excluding carboxylic acids is 2. The van der Waals surface area contributed by atoms with Crippen molar-refractivity contribution in [3.8, 4) is 11.5 Å². The van der Waals surface area contributed by atoms with E-state index in [1.54, 1.807) is 48.4 Å². The molecule has 0 radical (unpaired) electrons. The molecule has 2 aromatic rings. The summed E-state index contributed by atoms with van der Waals surface area (Å²) in [6.07, 6.45) is 1.31. The van der Waals surface area contributed by atoms with Gasteiger partial charge in [-0.15, -0.1) is 0 Å². The summed E-state index contributed by atoms with van der Waals surface area (Å²) >= 11 is 5.86.